The smallest absolute Gasteiger partial charge is 0.399 e. The first kappa shape index (κ1) is 15.0. The van der Waals surface area contributed by atoms with Crippen LogP contribution in [0.5, 0.6) is 0 Å². The number of ether oxygens (including phenoxy) is 1. The molecule has 0 radical (unpaired) electrons. The van der Waals surface area contributed by atoms with Gasteiger partial charge in [-0.2, -0.15) is 5.10 Å². The summed E-state index contributed by atoms with van der Waals surface area (Å²) < 4.78 is 19.1. The Labute approximate surface area is 125 Å². The summed E-state index contributed by atoms with van der Waals surface area (Å²) in [6.07, 6.45) is 3.70. The fourth-order valence-corrected chi connectivity index (χ4v) is 2.53. The van der Waals surface area contributed by atoms with Crippen LogP contribution in [0.1, 0.15) is 27.7 Å². The Morgan fingerprint density at radius 1 is 1.24 bits per heavy atom. The van der Waals surface area contributed by atoms with E-state index in [-0.39, 0.29) is 23.2 Å². The molecule has 116 valence electrons. The molecule has 2 fully saturated rings. The van der Waals surface area contributed by atoms with Gasteiger partial charge in [-0.1, -0.05) is 0 Å². The molecule has 1 N–H and O–H groups in total. The van der Waals surface area contributed by atoms with Crippen molar-refractivity contribution in [2.75, 3.05) is 19.8 Å². The van der Waals surface area contributed by atoms with Gasteiger partial charge < -0.3 is 19.2 Å². The molecule has 0 aromatic carbocycles. The van der Waals surface area contributed by atoms with E-state index in [4.69, 9.17) is 14.0 Å². The average molecular weight is 294 g/mol. The molecule has 21 heavy (non-hydrogen) atoms. The fourth-order valence-electron chi connectivity index (χ4n) is 2.53. The number of nitrogens with zero attached hydrogens (tertiary/aromatic N) is 2. The van der Waals surface area contributed by atoms with Crippen LogP contribution >= 0.6 is 0 Å². The maximum absolute atomic E-state index is 9.48. The minimum Gasteiger partial charge on any atom is -0.399 e. The summed E-state index contributed by atoms with van der Waals surface area (Å²) in [5, 5.41) is 13.8. The molecule has 0 atom stereocenters. The van der Waals surface area contributed by atoms with Gasteiger partial charge in [-0.3, -0.25) is 4.68 Å². The van der Waals surface area contributed by atoms with E-state index in [1.807, 2.05) is 38.6 Å². The van der Waals surface area contributed by atoms with E-state index in [9.17, 15) is 5.11 Å². The number of aliphatic hydroxyl groups is 1. The lowest BCUT2D eigenvalue weighted by Gasteiger charge is -2.39. The van der Waals surface area contributed by atoms with Crippen LogP contribution in [0.2, 0.25) is 0 Å². The number of rotatable bonds is 4. The zero-order valence-electron chi connectivity index (χ0n) is 13.1. The number of aromatic nitrogens is 2. The van der Waals surface area contributed by atoms with E-state index >= 15 is 0 Å². The van der Waals surface area contributed by atoms with E-state index in [0.717, 1.165) is 5.46 Å². The molecule has 1 aromatic heterocycles. The molecule has 2 aliphatic rings. The molecule has 0 amide bonds. The Morgan fingerprint density at radius 2 is 1.86 bits per heavy atom. The van der Waals surface area contributed by atoms with Crippen molar-refractivity contribution >= 4 is 12.6 Å². The molecule has 0 aliphatic carbocycles. The molecule has 0 saturated carbocycles. The van der Waals surface area contributed by atoms with Gasteiger partial charge in [0.2, 0.25) is 0 Å². The van der Waals surface area contributed by atoms with Crippen LogP contribution in [0.15, 0.2) is 12.4 Å². The average Bonchev–Trinajstić information content (AvgIpc) is 2.88. The Hall–Kier alpha value is -0.885. The predicted molar refractivity (Wildman–Crippen MR) is 78.3 cm³/mol. The molecule has 0 spiro atoms. The van der Waals surface area contributed by atoms with Crippen LogP contribution in [0, 0.1) is 5.41 Å². The number of aliphatic hydroxyl groups excluding tert-OH is 1. The third-order valence-electron chi connectivity index (χ3n) is 4.83. The van der Waals surface area contributed by atoms with E-state index in [1.165, 1.54) is 0 Å². The largest absolute Gasteiger partial charge is 0.498 e. The second kappa shape index (κ2) is 4.81. The Balaban J connectivity index is 1.71. The van der Waals surface area contributed by atoms with Crippen molar-refractivity contribution in [1.82, 2.24) is 9.78 Å². The molecule has 3 rings (SSSR count). The lowest BCUT2D eigenvalue weighted by molar-refractivity contribution is -0.146. The SMILES string of the molecule is CC1(C)OB(c2cnn(CC3(CO)COC3)c2)OC1(C)C. The Morgan fingerprint density at radius 3 is 2.33 bits per heavy atom. The van der Waals surface area contributed by atoms with Crippen molar-refractivity contribution in [3.05, 3.63) is 12.4 Å². The Kier molecular flexibility index (Phi) is 3.44. The van der Waals surface area contributed by atoms with Crippen LogP contribution in [-0.4, -0.2) is 53.0 Å². The third kappa shape index (κ3) is 2.52. The molecule has 2 aliphatic heterocycles. The van der Waals surface area contributed by atoms with Gasteiger partial charge in [-0.15, -0.1) is 0 Å². The molecule has 2 saturated heterocycles. The summed E-state index contributed by atoms with van der Waals surface area (Å²) in [6.45, 7) is 10.0. The van der Waals surface area contributed by atoms with Crippen LogP contribution in [0.25, 0.3) is 0 Å². The highest BCUT2D eigenvalue weighted by Gasteiger charge is 2.52. The molecule has 1 aromatic rings. The highest BCUT2D eigenvalue weighted by atomic mass is 16.7. The summed E-state index contributed by atoms with van der Waals surface area (Å²) in [6, 6.07) is 0. The monoisotopic (exact) mass is 294 g/mol. The van der Waals surface area contributed by atoms with Crippen molar-refractivity contribution in [3.8, 4) is 0 Å². The summed E-state index contributed by atoms with van der Waals surface area (Å²) >= 11 is 0. The zero-order valence-corrected chi connectivity index (χ0v) is 13.1. The maximum Gasteiger partial charge on any atom is 0.498 e. The second-order valence-electron chi connectivity index (χ2n) is 7.21. The van der Waals surface area contributed by atoms with E-state index in [0.29, 0.717) is 19.8 Å². The molecular formula is C14H23BN2O4. The summed E-state index contributed by atoms with van der Waals surface area (Å²) in [4.78, 5) is 0. The van der Waals surface area contributed by atoms with Crippen molar-refractivity contribution in [3.63, 3.8) is 0 Å². The molecule has 7 heteroatoms. The summed E-state index contributed by atoms with van der Waals surface area (Å²) in [7, 11) is -0.397. The predicted octanol–water partition coefficient (Wildman–Crippen LogP) is 0.191. The Bertz CT molecular complexity index is 503. The molecule has 6 nitrogen and oxygen atoms in total. The quantitative estimate of drug-likeness (QED) is 0.803. The normalized spacial score (nSPS) is 25.9. The van der Waals surface area contributed by atoms with E-state index in [1.54, 1.807) is 6.20 Å². The first-order valence-electron chi connectivity index (χ1n) is 7.34. The first-order valence-corrected chi connectivity index (χ1v) is 7.34. The maximum atomic E-state index is 9.48. The molecular weight excluding hydrogens is 271 g/mol. The lowest BCUT2D eigenvalue weighted by atomic mass is 9.82. The van der Waals surface area contributed by atoms with Gasteiger partial charge in [-0.25, -0.2) is 0 Å². The highest BCUT2D eigenvalue weighted by molar-refractivity contribution is 6.61. The topological polar surface area (TPSA) is 65.7 Å². The van der Waals surface area contributed by atoms with Crippen molar-refractivity contribution < 1.29 is 19.2 Å². The van der Waals surface area contributed by atoms with Crippen LogP contribution in [-0.2, 0) is 20.6 Å². The lowest BCUT2D eigenvalue weighted by Crippen LogP contribution is -2.48. The first-order chi connectivity index (χ1) is 9.77. The third-order valence-corrected chi connectivity index (χ3v) is 4.83. The zero-order chi connectivity index (χ0) is 15.3. The second-order valence-corrected chi connectivity index (χ2v) is 7.21. The van der Waals surface area contributed by atoms with Gasteiger partial charge in [0.1, 0.15) is 0 Å². The minimum absolute atomic E-state index is 0.110. The molecule has 0 bridgehead atoms. The van der Waals surface area contributed by atoms with Crippen LogP contribution < -0.4 is 5.46 Å². The number of hydrogen-bond acceptors (Lipinski definition) is 5. The van der Waals surface area contributed by atoms with Gasteiger partial charge in [0, 0.05) is 17.9 Å². The highest BCUT2D eigenvalue weighted by Crippen LogP contribution is 2.36. The fraction of sp³-hybridized carbons (Fsp3) is 0.786. The van der Waals surface area contributed by atoms with Crippen LogP contribution in [0.4, 0.5) is 0 Å². The van der Waals surface area contributed by atoms with Gasteiger partial charge in [0.15, 0.2) is 0 Å². The van der Waals surface area contributed by atoms with Gasteiger partial charge in [-0.05, 0) is 27.7 Å². The van der Waals surface area contributed by atoms with Gasteiger partial charge in [0.25, 0.3) is 0 Å². The standard InChI is InChI=1S/C14H23BN2O4/c1-12(2)13(3,4)21-15(20-12)11-5-16-17(6-11)7-14(8-18)9-19-10-14/h5-6,18H,7-10H2,1-4H3. The summed E-state index contributed by atoms with van der Waals surface area (Å²) in [5.74, 6) is 0. The van der Waals surface area contributed by atoms with E-state index in [2.05, 4.69) is 5.10 Å². The van der Waals surface area contributed by atoms with Gasteiger partial charge in [0.05, 0.1) is 43.0 Å². The van der Waals surface area contributed by atoms with Crippen molar-refractivity contribution in [1.29, 1.82) is 0 Å². The molecule has 0 unspecified atom stereocenters. The summed E-state index contributed by atoms with van der Waals surface area (Å²) in [5.41, 5.74) is 0.00285. The van der Waals surface area contributed by atoms with Crippen LogP contribution in [0.3, 0.4) is 0 Å². The molecule has 3 heterocycles. The van der Waals surface area contributed by atoms with E-state index < -0.39 is 7.12 Å². The van der Waals surface area contributed by atoms with Crippen molar-refractivity contribution in [2.45, 2.75) is 45.4 Å². The van der Waals surface area contributed by atoms with Gasteiger partial charge >= 0.3 is 7.12 Å². The van der Waals surface area contributed by atoms with Crippen molar-refractivity contribution in [2.24, 2.45) is 5.41 Å². The minimum atomic E-state index is -0.397. The number of hydrogen-bond donors (Lipinski definition) is 1.